The number of hydrogen-bond acceptors (Lipinski definition) is 5. The summed E-state index contributed by atoms with van der Waals surface area (Å²) < 4.78 is 32.0. The highest BCUT2D eigenvalue weighted by atomic mass is 19.1. The maximum Gasteiger partial charge on any atom is 0.497 e. The van der Waals surface area contributed by atoms with Crippen LogP contribution in [0.1, 0.15) is 53.0 Å². The van der Waals surface area contributed by atoms with Crippen LogP contribution in [0.4, 0.5) is 9.18 Å². The first-order chi connectivity index (χ1) is 14.1. The Labute approximate surface area is 179 Å². The van der Waals surface area contributed by atoms with Gasteiger partial charge in [0.05, 0.1) is 17.8 Å². The highest BCUT2D eigenvalue weighted by Crippen LogP contribution is 2.36. The molecule has 1 amide bonds. The largest absolute Gasteiger partial charge is 0.497 e. The van der Waals surface area contributed by atoms with E-state index in [1.165, 1.54) is 0 Å². The Morgan fingerprint density at radius 3 is 2.33 bits per heavy atom. The van der Waals surface area contributed by atoms with Gasteiger partial charge in [0, 0.05) is 38.2 Å². The third-order valence-electron chi connectivity index (χ3n) is 6.33. The number of ether oxygens (including phenoxy) is 1. The van der Waals surface area contributed by atoms with Gasteiger partial charge in [-0.05, 0) is 45.7 Å². The predicted octanol–water partition coefficient (Wildman–Crippen LogP) is 3.18. The first-order valence-electron chi connectivity index (χ1n) is 10.9. The maximum atomic E-state index is 14.8. The maximum absolute atomic E-state index is 14.8. The van der Waals surface area contributed by atoms with Crippen molar-refractivity contribution >= 4 is 18.7 Å². The Morgan fingerprint density at radius 2 is 1.77 bits per heavy atom. The Morgan fingerprint density at radius 1 is 1.13 bits per heavy atom. The Kier molecular flexibility index (Phi) is 7.10. The molecule has 8 heteroatoms. The molecule has 0 saturated carbocycles. The Bertz CT molecular complexity index is 735. The molecule has 2 aliphatic heterocycles. The van der Waals surface area contributed by atoms with Crippen LogP contribution in [-0.4, -0.2) is 67.0 Å². The Hall–Kier alpha value is -1.64. The topological polar surface area (TPSA) is 51.2 Å². The summed E-state index contributed by atoms with van der Waals surface area (Å²) in [6.45, 7) is 13.7. The predicted molar refractivity (Wildman–Crippen MR) is 115 cm³/mol. The molecule has 30 heavy (non-hydrogen) atoms. The van der Waals surface area contributed by atoms with Gasteiger partial charge in [0.25, 0.3) is 0 Å². The van der Waals surface area contributed by atoms with Crippen LogP contribution in [0.5, 0.6) is 0 Å². The summed E-state index contributed by atoms with van der Waals surface area (Å²) in [6.07, 6.45) is 1.66. The molecular weight excluding hydrogens is 386 g/mol. The van der Waals surface area contributed by atoms with Crippen molar-refractivity contribution in [3.63, 3.8) is 0 Å². The van der Waals surface area contributed by atoms with E-state index in [4.69, 9.17) is 14.0 Å². The van der Waals surface area contributed by atoms with Gasteiger partial charge in [0.15, 0.2) is 0 Å². The van der Waals surface area contributed by atoms with Gasteiger partial charge in [-0.1, -0.05) is 25.5 Å². The summed E-state index contributed by atoms with van der Waals surface area (Å²) in [5.74, 6) is -0.316. The van der Waals surface area contributed by atoms with Crippen LogP contribution in [0.2, 0.25) is 0 Å². The number of hydrogen-bond donors (Lipinski definition) is 0. The van der Waals surface area contributed by atoms with Crippen molar-refractivity contribution in [3.05, 3.63) is 29.6 Å². The fraction of sp³-hybridized carbons (Fsp3) is 0.682. The highest BCUT2D eigenvalue weighted by Gasteiger charge is 2.52. The molecule has 0 unspecified atom stereocenters. The number of piperazine rings is 1. The van der Waals surface area contributed by atoms with Gasteiger partial charge in [0.1, 0.15) is 5.82 Å². The molecule has 0 spiro atoms. The third-order valence-corrected chi connectivity index (χ3v) is 6.33. The molecule has 2 fully saturated rings. The van der Waals surface area contributed by atoms with Gasteiger partial charge in [-0.3, -0.25) is 4.90 Å². The van der Waals surface area contributed by atoms with E-state index in [-0.39, 0.29) is 11.9 Å². The third kappa shape index (κ3) is 5.15. The van der Waals surface area contributed by atoms with Crippen molar-refractivity contribution in [3.8, 4) is 0 Å². The minimum atomic E-state index is -0.702. The SMILES string of the molecule is CCCCOC(=O)N1CCN(Cc2ccc(B3OC(C)(C)C(C)(C)O3)c(F)c2)CC1. The molecule has 0 radical (unpaired) electrons. The number of unbranched alkanes of at least 4 members (excludes halogenated alkanes) is 1. The van der Waals surface area contributed by atoms with E-state index in [2.05, 4.69) is 11.8 Å². The van der Waals surface area contributed by atoms with Crippen molar-refractivity contribution in [2.45, 2.75) is 65.2 Å². The number of carbonyl (C=O) groups is 1. The molecule has 6 nitrogen and oxygen atoms in total. The number of halogens is 1. The van der Waals surface area contributed by atoms with Gasteiger partial charge in [-0.25, -0.2) is 9.18 Å². The molecule has 0 N–H and O–H groups in total. The molecule has 0 aliphatic carbocycles. The zero-order valence-corrected chi connectivity index (χ0v) is 18.9. The van der Waals surface area contributed by atoms with Gasteiger partial charge in [0.2, 0.25) is 0 Å². The zero-order valence-electron chi connectivity index (χ0n) is 18.9. The molecule has 0 atom stereocenters. The van der Waals surface area contributed by atoms with Crippen LogP contribution < -0.4 is 5.46 Å². The summed E-state index contributed by atoms with van der Waals surface area (Å²) in [4.78, 5) is 16.0. The monoisotopic (exact) mass is 420 g/mol. The van der Waals surface area contributed by atoms with Crippen LogP contribution in [0.3, 0.4) is 0 Å². The molecule has 0 aromatic heterocycles. The number of benzene rings is 1. The first-order valence-corrected chi connectivity index (χ1v) is 10.9. The zero-order chi connectivity index (χ0) is 21.9. The van der Waals surface area contributed by atoms with Crippen molar-refractivity contribution in [1.29, 1.82) is 0 Å². The average molecular weight is 420 g/mol. The lowest BCUT2D eigenvalue weighted by molar-refractivity contribution is 0.00578. The number of nitrogens with zero attached hydrogens (tertiary/aromatic N) is 2. The summed E-state index contributed by atoms with van der Waals surface area (Å²) in [5, 5.41) is 0. The van der Waals surface area contributed by atoms with E-state index in [9.17, 15) is 9.18 Å². The summed E-state index contributed by atoms with van der Waals surface area (Å²) in [7, 11) is -0.702. The van der Waals surface area contributed by atoms with Crippen molar-refractivity contribution < 1.29 is 23.2 Å². The summed E-state index contributed by atoms with van der Waals surface area (Å²) in [5.41, 5.74) is 0.323. The normalized spacial score (nSPS) is 21.1. The van der Waals surface area contributed by atoms with Gasteiger partial charge in [-0.2, -0.15) is 0 Å². The molecule has 1 aromatic carbocycles. The van der Waals surface area contributed by atoms with E-state index >= 15 is 0 Å². The second kappa shape index (κ2) is 9.24. The van der Waals surface area contributed by atoms with Gasteiger partial charge >= 0.3 is 13.2 Å². The smallest absolute Gasteiger partial charge is 0.449 e. The molecule has 2 aliphatic rings. The molecule has 166 valence electrons. The van der Waals surface area contributed by atoms with Crippen LogP contribution in [0.25, 0.3) is 0 Å². The van der Waals surface area contributed by atoms with E-state index in [0.29, 0.717) is 31.7 Å². The van der Waals surface area contributed by atoms with Crippen molar-refractivity contribution in [1.82, 2.24) is 9.80 Å². The summed E-state index contributed by atoms with van der Waals surface area (Å²) >= 11 is 0. The van der Waals surface area contributed by atoms with E-state index in [1.54, 1.807) is 17.0 Å². The standard InChI is InChI=1S/C22H34BFN2O4/c1-6-7-14-28-20(27)26-12-10-25(11-13-26)16-17-8-9-18(19(24)15-17)23-29-21(2,3)22(4,5)30-23/h8-9,15H,6-7,10-14,16H2,1-5H3. The fourth-order valence-electron chi connectivity index (χ4n) is 3.57. The highest BCUT2D eigenvalue weighted by molar-refractivity contribution is 6.62. The van der Waals surface area contributed by atoms with E-state index in [0.717, 1.165) is 31.5 Å². The second-order valence-electron chi connectivity index (χ2n) is 9.18. The molecule has 1 aromatic rings. The van der Waals surface area contributed by atoms with E-state index in [1.807, 2.05) is 33.8 Å². The number of carbonyl (C=O) groups excluding carboxylic acids is 1. The molecule has 2 heterocycles. The lowest BCUT2D eigenvalue weighted by atomic mass is 9.78. The van der Waals surface area contributed by atoms with Crippen molar-refractivity contribution in [2.24, 2.45) is 0 Å². The number of amides is 1. The quantitative estimate of drug-likeness (QED) is 0.523. The van der Waals surface area contributed by atoms with Crippen LogP contribution >= 0.6 is 0 Å². The lowest BCUT2D eigenvalue weighted by Gasteiger charge is -2.34. The van der Waals surface area contributed by atoms with E-state index < -0.39 is 18.3 Å². The molecule has 0 bridgehead atoms. The Balaban J connectivity index is 1.53. The molecule has 2 saturated heterocycles. The van der Waals surface area contributed by atoms with Crippen molar-refractivity contribution in [2.75, 3.05) is 32.8 Å². The average Bonchev–Trinajstić information content (AvgIpc) is 2.89. The second-order valence-corrected chi connectivity index (χ2v) is 9.18. The lowest BCUT2D eigenvalue weighted by Crippen LogP contribution is -2.48. The molecule has 3 rings (SSSR count). The van der Waals surface area contributed by atoms with Gasteiger partial charge < -0.3 is 18.9 Å². The van der Waals surface area contributed by atoms with Gasteiger partial charge in [-0.15, -0.1) is 0 Å². The fourth-order valence-corrected chi connectivity index (χ4v) is 3.57. The van der Waals surface area contributed by atoms with Crippen LogP contribution in [0, 0.1) is 5.82 Å². The van der Waals surface area contributed by atoms with Crippen LogP contribution in [-0.2, 0) is 20.6 Å². The minimum absolute atomic E-state index is 0.235. The minimum Gasteiger partial charge on any atom is -0.449 e. The van der Waals surface area contributed by atoms with Crippen LogP contribution in [0.15, 0.2) is 18.2 Å². The summed E-state index contributed by atoms with van der Waals surface area (Å²) in [6, 6.07) is 5.24. The first kappa shape index (κ1) is 23.0. The molecular formula is C22H34BFN2O4. The number of rotatable bonds is 6.